The molecule has 0 unspecified atom stereocenters. The maximum absolute atomic E-state index is 10.4. The molecule has 168 valence electrons. The van der Waals surface area contributed by atoms with Gasteiger partial charge in [0.25, 0.3) is 0 Å². The summed E-state index contributed by atoms with van der Waals surface area (Å²) in [7, 11) is 0. The summed E-state index contributed by atoms with van der Waals surface area (Å²) in [5.74, 6) is -3.15. The molecule has 0 aliphatic heterocycles. The normalized spacial score (nSPS) is 10.9. The van der Waals surface area contributed by atoms with Crippen LogP contribution in [0.5, 0.6) is 34.5 Å². The van der Waals surface area contributed by atoms with Gasteiger partial charge in [-0.3, -0.25) is 0 Å². The van der Waals surface area contributed by atoms with Crippen LogP contribution in [0.25, 0.3) is 0 Å². The fraction of sp³-hybridized carbons (Fsp3) is 0.111. The van der Waals surface area contributed by atoms with Crippen LogP contribution in [-0.2, 0) is 19.3 Å². The predicted molar refractivity (Wildman–Crippen MR) is 124 cm³/mol. The predicted octanol–water partition coefficient (Wildman–Crippen LogP) is 4.69. The molecule has 33 heavy (non-hydrogen) atoms. The number of benzene rings is 4. The average molecular weight is 444 g/mol. The Morgan fingerprint density at radius 2 is 0.667 bits per heavy atom. The quantitative estimate of drug-likeness (QED) is 0.240. The van der Waals surface area contributed by atoms with Crippen LogP contribution in [0.2, 0.25) is 0 Å². The van der Waals surface area contributed by atoms with Crippen LogP contribution in [0.1, 0.15) is 33.4 Å². The van der Waals surface area contributed by atoms with Crippen LogP contribution in [0.3, 0.4) is 0 Å². The van der Waals surface area contributed by atoms with E-state index in [1.807, 2.05) is 60.7 Å². The highest BCUT2D eigenvalue weighted by Gasteiger charge is 2.21. The van der Waals surface area contributed by atoms with Crippen molar-refractivity contribution in [3.05, 3.63) is 106 Å². The summed E-state index contributed by atoms with van der Waals surface area (Å²) in [4.78, 5) is 0. The number of aromatic hydroxyl groups is 6. The van der Waals surface area contributed by atoms with Gasteiger partial charge in [0.05, 0.1) is 0 Å². The molecule has 6 heteroatoms. The highest BCUT2D eigenvalue weighted by Crippen LogP contribution is 2.45. The fourth-order valence-corrected chi connectivity index (χ4v) is 3.90. The molecule has 0 aromatic heterocycles. The van der Waals surface area contributed by atoms with Crippen molar-refractivity contribution < 1.29 is 30.6 Å². The Morgan fingerprint density at radius 3 is 1.00 bits per heavy atom. The number of phenols is 6. The van der Waals surface area contributed by atoms with E-state index in [2.05, 4.69) is 0 Å². The van der Waals surface area contributed by atoms with Crippen molar-refractivity contribution in [2.45, 2.75) is 19.3 Å². The van der Waals surface area contributed by atoms with Gasteiger partial charge in [-0.2, -0.15) is 0 Å². The lowest BCUT2D eigenvalue weighted by Crippen LogP contribution is -1.98. The van der Waals surface area contributed by atoms with E-state index < -0.39 is 34.5 Å². The van der Waals surface area contributed by atoms with E-state index in [0.717, 1.165) is 11.1 Å². The molecule has 4 aromatic rings. The summed E-state index contributed by atoms with van der Waals surface area (Å²) in [6, 6.07) is 21.8. The zero-order valence-corrected chi connectivity index (χ0v) is 17.7. The molecule has 6 nitrogen and oxygen atoms in total. The maximum atomic E-state index is 10.4. The third-order valence-corrected chi connectivity index (χ3v) is 5.67. The molecular weight excluding hydrogens is 420 g/mol. The minimum absolute atomic E-state index is 0.0527. The monoisotopic (exact) mass is 444 g/mol. The second kappa shape index (κ2) is 9.04. The Morgan fingerprint density at radius 1 is 0.364 bits per heavy atom. The number of hydrogen-bond donors (Lipinski definition) is 6. The number of phenolic OH excluding ortho intramolecular Hbond substituents is 6. The van der Waals surface area contributed by atoms with E-state index in [1.54, 1.807) is 12.1 Å². The number of hydrogen-bond acceptors (Lipinski definition) is 6. The standard InChI is InChI=1S/C27H24O6/c28-22-18(11-16-7-3-1-4-8-16)13-20(24(30)26(22)32)15-21-14-19(23(29)27(33)25(21)31)12-17-9-5-2-6-10-17/h1-10,13-14,28-33H,11-12,15H2. The van der Waals surface area contributed by atoms with Gasteiger partial charge in [0.1, 0.15) is 0 Å². The Kier molecular flexibility index (Phi) is 6.00. The lowest BCUT2D eigenvalue weighted by atomic mass is 9.94. The van der Waals surface area contributed by atoms with Gasteiger partial charge in [-0.15, -0.1) is 0 Å². The Hall–Kier alpha value is -4.32. The third kappa shape index (κ3) is 4.50. The minimum atomic E-state index is -0.648. The highest BCUT2D eigenvalue weighted by atomic mass is 16.3. The molecule has 0 aliphatic rings. The van der Waals surface area contributed by atoms with Crippen molar-refractivity contribution in [2.75, 3.05) is 0 Å². The number of rotatable bonds is 6. The molecule has 0 spiro atoms. The summed E-state index contributed by atoms with van der Waals surface area (Å²) < 4.78 is 0. The van der Waals surface area contributed by atoms with Crippen molar-refractivity contribution in [1.82, 2.24) is 0 Å². The van der Waals surface area contributed by atoms with Crippen LogP contribution in [0.4, 0.5) is 0 Å². The molecule has 0 saturated carbocycles. The molecule has 0 amide bonds. The fourth-order valence-electron chi connectivity index (χ4n) is 3.90. The van der Waals surface area contributed by atoms with Gasteiger partial charge < -0.3 is 30.6 Å². The Balaban J connectivity index is 1.72. The van der Waals surface area contributed by atoms with Crippen LogP contribution in [0, 0.1) is 0 Å². The minimum Gasteiger partial charge on any atom is -0.504 e. The summed E-state index contributed by atoms with van der Waals surface area (Å²) in [6.07, 6.45) is 0.585. The first-order valence-electron chi connectivity index (χ1n) is 10.4. The van der Waals surface area contributed by atoms with Crippen LogP contribution >= 0.6 is 0 Å². The molecule has 4 rings (SSSR count). The van der Waals surface area contributed by atoms with Crippen molar-refractivity contribution in [3.8, 4) is 34.5 Å². The van der Waals surface area contributed by atoms with Crippen LogP contribution in [0.15, 0.2) is 72.8 Å². The summed E-state index contributed by atoms with van der Waals surface area (Å²) in [6.45, 7) is 0. The zero-order chi connectivity index (χ0) is 23.5. The van der Waals surface area contributed by atoms with Gasteiger partial charge in [-0.05, 0) is 23.3 Å². The molecule has 0 fully saturated rings. The van der Waals surface area contributed by atoms with E-state index in [4.69, 9.17) is 0 Å². The van der Waals surface area contributed by atoms with Crippen molar-refractivity contribution in [1.29, 1.82) is 0 Å². The topological polar surface area (TPSA) is 121 Å². The van der Waals surface area contributed by atoms with Gasteiger partial charge in [0.15, 0.2) is 23.0 Å². The van der Waals surface area contributed by atoms with Gasteiger partial charge >= 0.3 is 0 Å². The van der Waals surface area contributed by atoms with E-state index in [9.17, 15) is 30.6 Å². The zero-order valence-electron chi connectivity index (χ0n) is 17.7. The lowest BCUT2D eigenvalue weighted by molar-refractivity contribution is 0.360. The molecule has 0 heterocycles. The molecule has 0 atom stereocenters. The molecule has 0 saturated heterocycles. The average Bonchev–Trinajstić information content (AvgIpc) is 2.83. The molecule has 0 aliphatic carbocycles. The van der Waals surface area contributed by atoms with Crippen molar-refractivity contribution >= 4 is 0 Å². The third-order valence-electron chi connectivity index (χ3n) is 5.67. The van der Waals surface area contributed by atoms with Gasteiger partial charge in [0, 0.05) is 41.5 Å². The second-order valence-corrected chi connectivity index (χ2v) is 7.98. The van der Waals surface area contributed by atoms with Gasteiger partial charge in [-0.25, -0.2) is 0 Å². The molecule has 4 aromatic carbocycles. The van der Waals surface area contributed by atoms with Gasteiger partial charge in [-0.1, -0.05) is 60.7 Å². The van der Waals surface area contributed by atoms with Crippen molar-refractivity contribution in [2.24, 2.45) is 0 Å². The van der Waals surface area contributed by atoms with Gasteiger partial charge in [0.2, 0.25) is 11.5 Å². The lowest BCUT2D eigenvalue weighted by Gasteiger charge is -2.16. The second-order valence-electron chi connectivity index (χ2n) is 7.98. The maximum Gasteiger partial charge on any atom is 0.200 e. The summed E-state index contributed by atoms with van der Waals surface area (Å²) in [5, 5.41) is 62.2. The molecular formula is C27H24O6. The molecule has 0 radical (unpaired) electrons. The first-order valence-corrected chi connectivity index (χ1v) is 10.4. The van der Waals surface area contributed by atoms with E-state index in [-0.39, 0.29) is 17.5 Å². The summed E-state index contributed by atoms with van der Waals surface area (Å²) >= 11 is 0. The first kappa shape index (κ1) is 21.9. The molecule has 0 bridgehead atoms. The van der Waals surface area contributed by atoms with E-state index in [0.29, 0.717) is 24.0 Å². The molecule has 6 N–H and O–H groups in total. The Labute approximate surface area is 190 Å². The Bertz CT molecular complexity index is 1180. The van der Waals surface area contributed by atoms with E-state index >= 15 is 0 Å². The SMILES string of the molecule is Oc1c(Cc2ccccc2)cc(Cc2cc(Cc3ccccc3)c(O)c(O)c2O)c(O)c1O. The van der Waals surface area contributed by atoms with Crippen LogP contribution in [-0.4, -0.2) is 30.6 Å². The van der Waals surface area contributed by atoms with E-state index in [1.165, 1.54) is 0 Å². The first-order chi connectivity index (χ1) is 15.8. The summed E-state index contributed by atoms with van der Waals surface area (Å²) in [5.41, 5.74) is 3.11. The largest absolute Gasteiger partial charge is 0.504 e. The highest BCUT2D eigenvalue weighted by molar-refractivity contribution is 5.63. The van der Waals surface area contributed by atoms with Crippen LogP contribution < -0.4 is 0 Å². The smallest absolute Gasteiger partial charge is 0.200 e. The van der Waals surface area contributed by atoms with Crippen molar-refractivity contribution in [3.63, 3.8) is 0 Å².